The molecule has 0 unspecified atom stereocenters. The highest BCUT2D eigenvalue weighted by atomic mass is 35.5. The highest BCUT2D eigenvalue weighted by Crippen LogP contribution is 2.22. The molecule has 1 fully saturated rings. The molecule has 2 aromatic carbocycles. The van der Waals surface area contributed by atoms with Gasteiger partial charge < -0.3 is 14.5 Å². The predicted molar refractivity (Wildman–Crippen MR) is 115 cm³/mol. The van der Waals surface area contributed by atoms with Crippen molar-refractivity contribution in [3.63, 3.8) is 0 Å². The molecule has 2 amide bonds. The van der Waals surface area contributed by atoms with E-state index in [0.29, 0.717) is 61.2 Å². The zero-order valence-electron chi connectivity index (χ0n) is 16.4. The molecule has 0 N–H and O–H groups in total. The third-order valence-corrected chi connectivity index (χ3v) is 5.35. The largest absolute Gasteiger partial charge is 0.494 e. The quantitative estimate of drug-likeness (QED) is 0.680. The van der Waals surface area contributed by atoms with Gasteiger partial charge in [-0.25, -0.2) is 0 Å². The molecule has 0 radical (unpaired) electrons. The molecular formula is C22H24Cl2N2O3. The third-order valence-electron chi connectivity index (χ3n) is 4.91. The molecule has 1 heterocycles. The van der Waals surface area contributed by atoms with Crippen LogP contribution in [0.4, 0.5) is 0 Å². The topological polar surface area (TPSA) is 49.9 Å². The summed E-state index contributed by atoms with van der Waals surface area (Å²) in [6.45, 7) is 4.56. The highest BCUT2D eigenvalue weighted by Gasteiger charge is 2.25. The Hall–Kier alpha value is -2.24. The van der Waals surface area contributed by atoms with Gasteiger partial charge in [0.05, 0.1) is 6.61 Å². The van der Waals surface area contributed by atoms with Crippen molar-refractivity contribution in [3.8, 4) is 5.75 Å². The second-order valence-electron chi connectivity index (χ2n) is 6.87. The lowest BCUT2D eigenvalue weighted by Crippen LogP contribution is -2.50. The molecule has 1 saturated heterocycles. The summed E-state index contributed by atoms with van der Waals surface area (Å²) >= 11 is 12.0. The summed E-state index contributed by atoms with van der Waals surface area (Å²) in [6, 6.07) is 12.6. The number of aryl methyl sites for hydroxylation is 1. The molecule has 3 rings (SSSR count). The average Bonchev–Trinajstić information content (AvgIpc) is 2.72. The van der Waals surface area contributed by atoms with E-state index in [-0.39, 0.29) is 11.8 Å². The van der Waals surface area contributed by atoms with Crippen molar-refractivity contribution in [2.45, 2.75) is 19.8 Å². The molecule has 1 aliphatic rings. The lowest BCUT2D eigenvalue weighted by atomic mass is 10.1. The summed E-state index contributed by atoms with van der Waals surface area (Å²) in [7, 11) is 0. The van der Waals surface area contributed by atoms with Crippen LogP contribution in [0, 0.1) is 0 Å². The van der Waals surface area contributed by atoms with Crippen LogP contribution in [-0.2, 0) is 11.2 Å². The number of carbonyl (C=O) groups excluding carboxylic acids is 2. The van der Waals surface area contributed by atoms with Crippen LogP contribution in [-0.4, -0.2) is 54.4 Å². The Bertz CT molecular complexity index is 860. The van der Waals surface area contributed by atoms with Gasteiger partial charge in [0.15, 0.2) is 0 Å². The number of benzene rings is 2. The van der Waals surface area contributed by atoms with Gasteiger partial charge in [0.2, 0.25) is 5.91 Å². The van der Waals surface area contributed by atoms with Crippen molar-refractivity contribution >= 4 is 35.0 Å². The standard InChI is InChI=1S/C22H24Cl2N2O3/c1-2-29-20-6-4-3-5-16(20)7-8-21(27)25-9-11-26(12-10-25)22(28)17-13-18(23)15-19(24)14-17/h3-6,13-15H,2,7-12H2,1H3. The Kier molecular flexibility index (Phi) is 7.40. The van der Waals surface area contributed by atoms with E-state index in [0.717, 1.165) is 11.3 Å². The van der Waals surface area contributed by atoms with Gasteiger partial charge >= 0.3 is 0 Å². The van der Waals surface area contributed by atoms with E-state index in [1.165, 1.54) is 0 Å². The number of hydrogen-bond acceptors (Lipinski definition) is 3. The Labute approximate surface area is 181 Å². The maximum Gasteiger partial charge on any atom is 0.254 e. The van der Waals surface area contributed by atoms with Crippen molar-refractivity contribution in [2.75, 3.05) is 32.8 Å². The molecule has 0 aromatic heterocycles. The maximum absolute atomic E-state index is 12.7. The first kappa shape index (κ1) is 21.5. The fourth-order valence-electron chi connectivity index (χ4n) is 3.43. The minimum atomic E-state index is -0.118. The second kappa shape index (κ2) is 9.99. The van der Waals surface area contributed by atoms with Gasteiger partial charge in [0.1, 0.15) is 5.75 Å². The van der Waals surface area contributed by atoms with Crippen LogP contribution in [0.3, 0.4) is 0 Å². The normalized spacial score (nSPS) is 14.0. The van der Waals surface area contributed by atoms with Gasteiger partial charge in [-0.05, 0) is 43.2 Å². The molecule has 2 aromatic rings. The van der Waals surface area contributed by atoms with E-state index in [2.05, 4.69) is 0 Å². The van der Waals surface area contributed by atoms with E-state index >= 15 is 0 Å². The zero-order valence-corrected chi connectivity index (χ0v) is 17.9. The molecule has 1 aliphatic heterocycles. The van der Waals surface area contributed by atoms with Gasteiger partial charge in [-0.2, -0.15) is 0 Å². The summed E-state index contributed by atoms with van der Waals surface area (Å²) in [5, 5.41) is 0.865. The Morgan fingerprint density at radius 1 is 0.966 bits per heavy atom. The fraction of sp³-hybridized carbons (Fsp3) is 0.364. The molecular weight excluding hydrogens is 411 g/mol. The van der Waals surface area contributed by atoms with E-state index < -0.39 is 0 Å². The number of para-hydroxylation sites is 1. The summed E-state index contributed by atoms with van der Waals surface area (Å²) in [6.07, 6.45) is 1.05. The van der Waals surface area contributed by atoms with Crippen molar-refractivity contribution in [2.24, 2.45) is 0 Å². The van der Waals surface area contributed by atoms with E-state index in [1.54, 1.807) is 23.1 Å². The molecule has 0 atom stereocenters. The molecule has 7 heteroatoms. The first-order valence-electron chi connectivity index (χ1n) is 9.71. The fourth-order valence-corrected chi connectivity index (χ4v) is 3.95. The molecule has 0 spiro atoms. The summed E-state index contributed by atoms with van der Waals surface area (Å²) in [5.74, 6) is 0.805. The van der Waals surface area contributed by atoms with E-state index in [9.17, 15) is 9.59 Å². The number of nitrogens with zero attached hydrogens (tertiary/aromatic N) is 2. The number of rotatable bonds is 6. The molecule has 154 valence electrons. The Morgan fingerprint density at radius 2 is 1.59 bits per heavy atom. The van der Waals surface area contributed by atoms with Crippen LogP contribution in [0.15, 0.2) is 42.5 Å². The average molecular weight is 435 g/mol. The summed E-state index contributed by atoms with van der Waals surface area (Å²) < 4.78 is 5.63. The van der Waals surface area contributed by atoms with Crippen LogP contribution in [0.5, 0.6) is 5.75 Å². The smallest absolute Gasteiger partial charge is 0.254 e. The number of piperazine rings is 1. The molecule has 0 saturated carbocycles. The van der Waals surface area contributed by atoms with E-state index in [4.69, 9.17) is 27.9 Å². The van der Waals surface area contributed by atoms with Crippen molar-refractivity contribution < 1.29 is 14.3 Å². The first-order valence-corrected chi connectivity index (χ1v) is 10.5. The van der Waals surface area contributed by atoms with Gasteiger partial charge in [-0.3, -0.25) is 9.59 Å². The minimum absolute atomic E-state index is 0.0919. The lowest BCUT2D eigenvalue weighted by Gasteiger charge is -2.35. The molecule has 29 heavy (non-hydrogen) atoms. The number of carbonyl (C=O) groups is 2. The molecule has 5 nitrogen and oxygen atoms in total. The van der Waals surface area contributed by atoms with Crippen molar-refractivity contribution in [3.05, 3.63) is 63.6 Å². The number of halogens is 2. The molecule has 0 bridgehead atoms. The van der Waals surface area contributed by atoms with Gasteiger partial charge in [-0.15, -0.1) is 0 Å². The first-order chi connectivity index (χ1) is 14.0. The van der Waals surface area contributed by atoms with Gasteiger partial charge in [0, 0.05) is 48.2 Å². The van der Waals surface area contributed by atoms with Gasteiger partial charge in [0.25, 0.3) is 5.91 Å². The Morgan fingerprint density at radius 3 is 2.24 bits per heavy atom. The zero-order chi connectivity index (χ0) is 20.8. The van der Waals surface area contributed by atoms with Crippen molar-refractivity contribution in [1.82, 2.24) is 9.80 Å². The minimum Gasteiger partial charge on any atom is -0.494 e. The second-order valence-corrected chi connectivity index (χ2v) is 7.74. The predicted octanol–water partition coefficient (Wildman–Crippen LogP) is 4.31. The lowest BCUT2D eigenvalue weighted by molar-refractivity contribution is -0.132. The van der Waals surface area contributed by atoms with Crippen molar-refractivity contribution in [1.29, 1.82) is 0 Å². The third kappa shape index (κ3) is 5.64. The van der Waals surface area contributed by atoms with Crippen LogP contribution >= 0.6 is 23.2 Å². The number of hydrogen-bond donors (Lipinski definition) is 0. The number of ether oxygens (including phenoxy) is 1. The maximum atomic E-state index is 12.7. The summed E-state index contributed by atoms with van der Waals surface area (Å²) in [5.41, 5.74) is 1.50. The number of amides is 2. The Balaban J connectivity index is 1.52. The molecule has 0 aliphatic carbocycles. The van der Waals surface area contributed by atoms with E-state index in [1.807, 2.05) is 36.1 Å². The SMILES string of the molecule is CCOc1ccccc1CCC(=O)N1CCN(C(=O)c2cc(Cl)cc(Cl)c2)CC1. The monoisotopic (exact) mass is 434 g/mol. The van der Waals surface area contributed by atoms with Gasteiger partial charge in [-0.1, -0.05) is 41.4 Å². The van der Waals surface area contributed by atoms with Crippen LogP contribution < -0.4 is 4.74 Å². The summed E-state index contributed by atoms with van der Waals surface area (Å²) in [4.78, 5) is 28.9. The van der Waals surface area contributed by atoms with Crippen LogP contribution in [0.2, 0.25) is 10.0 Å². The highest BCUT2D eigenvalue weighted by molar-refractivity contribution is 6.35. The van der Waals surface area contributed by atoms with Crippen LogP contribution in [0.25, 0.3) is 0 Å². The van der Waals surface area contributed by atoms with Crippen LogP contribution in [0.1, 0.15) is 29.3 Å².